The number of methoxy groups -OCH3 is 1. The second-order valence-corrected chi connectivity index (χ2v) is 2.65. The zero-order valence-corrected chi connectivity index (χ0v) is 7.77. The SMILES string of the molecule is COC(O)=C1C#C[N-]C(Br)=C1[NH-]. The molecule has 12 heavy (non-hydrogen) atoms. The molecule has 64 valence electrons. The first-order chi connectivity index (χ1) is 5.66. The molecule has 1 heterocycles. The van der Waals surface area contributed by atoms with Crippen molar-refractivity contribution >= 4 is 15.9 Å². The molecule has 0 unspecified atom stereocenters. The highest BCUT2D eigenvalue weighted by molar-refractivity contribution is 9.11. The van der Waals surface area contributed by atoms with Gasteiger partial charge < -0.3 is 20.9 Å². The Balaban J connectivity index is 3.12. The van der Waals surface area contributed by atoms with Crippen molar-refractivity contribution in [2.24, 2.45) is 0 Å². The van der Waals surface area contributed by atoms with Crippen molar-refractivity contribution in [3.05, 3.63) is 32.9 Å². The summed E-state index contributed by atoms with van der Waals surface area (Å²) in [7, 11) is 1.30. The molecule has 0 aromatic carbocycles. The molecule has 5 heteroatoms. The molecule has 1 rings (SSSR count). The number of aliphatic hydroxyl groups is 1. The Morgan fingerprint density at radius 2 is 2.42 bits per heavy atom. The van der Waals surface area contributed by atoms with Crippen LogP contribution in [-0.2, 0) is 4.74 Å². The maximum absolute atomic E-state index is 9.11. The molecule has 0 aromatic rings. The zero-order valence-electron chi connectivity index (χ0n) is 6.18. The standard InChI is InChI=1S/C7H5BrN2O2/c1-12-7(11)4-2-3-10-6(8)5(4)9/h9,11H,1H3/q-2. The zero-order chi connectivity index (χ0) is 9.14. The van der Waals surface area contributed by atoms with Gasteiger partial charge in [-0.25, -0.2) is 0 Å². The summed E-state index contributed by atoms with van der Waals surface area (Å²) in [4.78, 5) is 0. The van der Waals surface area contributed by atoms with E-state index in [1.165, 1.54) is 7.11 Å². The highest BCUT2D eigenvalue weighted by Gasteiger charge is 2.03. The van der Waals surface area contributed by atoms with E-state index in [2.05, 4.69) is 37.9 Å². The predicted octanol–water partition coefficient (Wildman–Crippen LogP) is 2.37. The summed E-state index contributed by atoms with van der Waals surface area (Å²) in [5, 5.41) is 12.7. The number of rotatable bonds is 1. The lowest BCUT2D eigenvalue weighted by Crippen LogP contribution is -1.96. The van der Waals surface area contributed by atoms with Crippen LogP contribution in [-0.4, -0.2) is 12.2 Å². The predicted molar refractivity (Wildman–Crippen MR) is 48.1 cm³/mol. The fraction of sp³-hybridized carbons (Fsp3) is 0.143. The summed E-state index contributed by atoms with van der Waals surface area (Å²) >= 11 is 3.01. The third-order valence-electron chi connectivity index (χ3n) is 1.20. The van der Waals surface area contributed by atoms with E-state index < -0.39 is 0 Å². The van der Waals surface area contributed by atoms with Crippen molar-refractivity contribution < 1.29 is 9.84 Å². The number of halogens is 1. The molecule has 0 amide bonds. The summed E-state index contributed by atoms with van der Waals surface area (Å²) in [5.41, 5.74) is 7.57. The maximum atomic E-state index is 9.11. The first-order valence-corrected chi connectivity index (χ1v) is 3.77. The third kappa shape index (κ3) is 1.48. The first kappa shape index (κ1) is 8.81. The van der Waals surface area contributed by atoms with E-state index in [1.807, 2.05) is 0 Å². The van der Waals surface area contributed by atoms with Gasteiger partial charge in [-0.05, 0) is 0 Å². The molecule has 0 aromatic heterocycles. The van der Waals surface area contributed by atoms with E-state index in [1.54, 1.807) is 0 Å². The molecule has 0 radical (unpaired) electrons. The number of nitrogens with one attached hydrogen (secondary N) is 1. The van der Waals surface area contributed by atoms with Gasteiger partial charge in [-0.2, -0.15) is 6.04 Å². The molecule has 1 aliphatic rings. The Kier molecular flexibility index (Phi) is 2.51. The number of hydrogen-bond donors (Lipinski definition) is 1. The number of aliphatic hydroxyl groups excluding tert-OH is 1. The van der Waals surface area contributed by atoms with E-state index in [4.69, 9.17) is 10.8 Å². The van der Waals surface area contributed by atoms with E-state index in [0.29, 0.717) is 4.61 Å². The van der Waals surface area contributed by atoms with Crippen LogP contribution in [0.5, 0.6) is 0 Å². The van der Waals surface area contributed by atoms with Crippen molar-refractivity contribution in [2.75, 3.05) is 7.11 Å². The Morgan fingerprint density at radius 1 is 1.75 bits per heavy atom. The second kappa shape index (κ2) is 3.41. The minimum Gasteiger partial charge on any atom is -0.698 e. The van der Waals surface area contributed by atoms with Crippen LogP contribution in [0.4, 0.5) is 0 Å². The fourth-order valence-corrected chi connectivity index (χ4v) is 0.904. The van der Waals surface area contributed by atoms with Gasteiger partial charge in [0, 0.05) is 0 Å². The molecule has 2 N–H and O–H groups in total. The van der Waals surface area contributed by atoms with Gasteiger partial charge in [0.15, 0.2) is 0 Å². The normalized spacial score (nSPS) is 19.2. The molecular weight excluding hydrogens is 224 g/mol. The number of ether oxygens (including phenoxy) is 1. The monoisotopic (exact) mass is 228 g/mol. The fourth-order valence-electron chi connectivity index (χ4n) is 0.617. The Bertz CT molecular complexity index is 322. The largest absolute Gasteiger partial charge is 0.698 e. The molecule has 0 spiro atoms. The summed E-state index contributed by atoms with van der Waals surface area (Å²) in [6.07, 6.45) is 0. The van der Waals surface area contributed by atoms with Gasteiger partial charge in [0.2, 0.25) is 0 Å². The van der Waals surface area contributed by atoms with Gasteiger partial charge in [0.1, 0.15) is 0 Å². The van der Waals surface area contributed by atoms with Crippen LogP contribution in [0.1, 0.15) is 0 Å². The summed E-state index contributed by atoms with van der Waals surface area (Å²) in [5.74, 6) is 2.10. The average Bonchev–Trinajstić information content (AvgIpc) is 2.08. The summed E-state index contributed by atoms with van der Waals surface area (Å²) in [6, 6.07) is 2.38. The van der Waals surface area contributed by atoms with Gasteiger partial charge in [0.05, 0.1) is 12.7 Å². The maximum Gasteiger partial charge on any atom is 0.291 e. The lowest BCUT2D eigenvalue weighted by Gasteiger charge is -2.26. The summed E-state index contributed by atoms with van der Waals surface area (Å²) in [6.45, 7) is 0. The lowest BCUT2D eigenvalue weighted by molar-refractivity contribution is 0.133. The third-order valence-corrected chi connectivity index (χ3v) is 1.77. The van der Waals surface area contributed by atoms with Crippen LogP contribution in [0.15, 0.2) is 21.8 Å². The number of hydrogen-bond acceptors (Lipinski definition) is 2. The molecule has 0 fully saturated rings. The van der Waals surface area contributed by atoms with Crippen molar-refractivity contribution in [1.29, 1.82) is 0 Å². The van der Waals surface area contributed by atoms with Crippen LogP contribution in [0.2, 0.25) is 0 Å². The van der Waals surface area contributed by atoms with Gasteiger partial charge >= 0.3 is 0 Å². The summed E-state index contributed by atoms with van der Waals surface area (Å²) < 4.78 is 4.82. The van der Waals surface area contributed by atoms with E-state index in [9.17, 15) is 0 Å². The van der Waals surface area contributed by atoms with Crippen LogP contribution in [0.25, 0.3) is 11.1 Å². The van der Waals surface area contributed by atoms with Crippen LogP contribution in [0, 0.1) is 12.0 Å². The van der Waals surface area contributed by atoms with Gasteiger partial charge in [0.25, 0.3) is 5.95 Å². The minimum atomic E-state index is -0.362. The van der Waals surface area contributed by atoms with Gasteiger partial charge in [-0.15, -0.1) is 5.70 Å². The van der Waals surface area contributed by atoms with Gasteiger partial charge in [-0.3, -0.25) is 0 Å². The molecule has 0 bridgehead atoms. The highest BCUT2D eigenvalue weighted by Crippen LogP contribution is 2.28. The first-order valence-electron chi connectivity index (χ1n) is 2.97. The van der Waals surface area contributed by atoms with Crippen LogP contribution < -0.4 is 0 Å². The molecule has 1 aliphatic heterocycles. The van der Waals surface area contributed by atoms with E-state index in [-0.39, 0.29) is 17.2 Å². The minimum absolute atomic E-state index is 0.0214. The lowest BCUT2D eigenvalue weighted by atomic mass is 10.2. The smallest absolute Gasteiger partial charge is 0.291 e. The molecule has 0 saturated carbocycles. The van der Waals surface area contributed by atoms with Crippen LogP contribution in [0.3, 0.4) is 0 Å². The van der Waals surface area contributed by atoms with Crippen molar-refractivity contribution in [1.82, 2.24) is 0 Å². The quantitative estimate of drug-likeness (QED) is 0.426. The Labute approximate surface area is 78.2 Å². The number of allylic oxidation sites excluding steroid dienone is 1. The van der Waals surface area contributed by atoms with Crippen LogP contribution >= 0.6 is 15.9 Å². The van der Waals surface area contributed by atoms with Gasteiger partial charge in [-0.1, -0.05) is 26.5 Å². The Morgan fingerprint density at radius 3 is 3.00 bits per heavy atom. The highest BCUT2D eigenvalue weighted by atomic mass is 79.9. The average molecular weight is 229 g/mol. The topological polar surface area (TPSA) is 67.4 Å². The molecule has 0 atom stereocenters. The molecule has 4 nitrogen and oxygen atoms in total. The second-order valence-electron chi connectivity index (χ2n) is 1.90. The van der Waals surface area contributed by atoms with Crippen molar-refractivity contribution in [3.8, 4) is 12.0 Å². The molecule has 0 saturated heterocycles. The van der Waals surface area contributed by atoms with Crippen molar-refractivity contribution in [2.45, 2.75) is 0 Å². The van der Waals surface area contributed by atoms with E-state index in [0.717, 1.165) is 0 Å². The number of nitrogens with zero attached hydrogens (tertiary/aromatic N) is 1. The molecule has 0 aliphatic carbocycles. The molecular formula is C7H5BrN2O2-2. The Hall–Kier alpha value is -1.28. The van der Waals surface area contributed by atoms with Crippen molar-refractivity contribution in [3.63, 3.8) is 0 Å². The van der Waals surface area contributed by atoms with E-state index >= 15 is 0 Å².